The second-order valence-electron chi connectivity index (χ2n) is 2.94. The van der Waals surface area contributed by atoms with Gasteiger partial charge < -0.3 is 5.11 Å². The molecule has 16 heavy (non-hydrogen) atoms. The average Bonchev–Trinajstić information content (AvgIpc) is 2.23. The van der Waals surface area contributed by atoms with Gasteiger partial charge in [-0.3, -0.25) is 4.89 Å². The number of carbonyl (C=O) groups excluding carboxylic acids is 1. The van der Waals surface area contributed by atoms with Crippen molar-refractivity contribution in [2.45, 2.75) is 6.92 Å². The van der Waals surface area contributed by atoms with Gasteiger partial charge in [-0.2, -0.15) is 0 Å². The molecular weight excluding hydrogens is 255 g/mol. The van der Waals surface area contributed by atoms with E-state index in [4.69, 9.17) is 23.2 Å². The van der Waals surface area contributed by atoms with Crippen molar-refractivity contribution in [3.63, 3.8) is 0 Å². The van der Waals surface area contributed by atoms with Gasteiger partial charge in [0.15, 0.2) is 0 Å². The molecule has 1 N–H and O–H groups in total. The monoisotopic (exact) mass is 262 g/mol. The van der Waals surface area contributed by atoms with Gasteiger partial charge in [0.1, 0.15) is 10.8 Å². The molecular formula is C10H8Cl2O4. The van der Waals surface area contributed by atoms with E-state index in [-0.39, 0.29) is 27.1 Å². The first-order valence-corrected chi connectivity index (χ1v) is 4.90. The Hall–Kier alpha value is -1.39. The first-order valence-electron chi connectivity index (χ1n) is 4.14. The van der Waals surface area contributed by atoms with Gasteiger partial charge in [-0.05, 0) is 19.1 Å². The van der Waals surface area contributed by atoms with Crippen LogP contribution < -0.4 is 4.89 Å². The van der Waals surface area contributed by atoms with Gasteiger partial charge in [-0.1, -0.05) is 29.8 Å². The van der Waals surface area contributed by atoms with E-state index in [1.165, 1.54) is 19.1 Å². The second-order valence-corrected chi connectivity index (χ2v) is 3.73. The molecule has 1 aromatic carbocycles. The fourth-order valence-electron chi connectivity index (χ4n) is 0.749. The molecule has 1 aromatic rings. The van der Waals surface area contributed by atoms with Crippen LogP contribution in [-0.2, 0) is 9.68 Å². The van der Waals surface area contributed by atoms with Crippen LogP contribution in [0.25, 0.3) is 0 Å². The lowest BCUT2D eigenvalue weighted by Crippen LogP contribution is -2.08. The lowest BCUT2D eigenvalue weighted by atomic mass is 10.3. The molecule has 0 spiro atoms. The van der Waals surface area contributed by atoms with Crippen LogP contribution in [-0.4, -0.2) is 11.1 Å². The SMILES string of the molecule is C=C(C)C(=O)OOc1c(Cl)ccc(O)c1Cl. The van der Waals surface area contributed by atoms with Gasteiger partial charge in [0, 0.05) is 5.57 Å². The Kier molecular flexibility index (Phi) is 4.04. The van der Waals surface area contributed by atoms with Crippen molar-refractivity contribution in [2.75, 3.05) is 0 Å². The molecule has 0 bridgehead atoms. The number of phenols is 1. The second kappa shape index (κ2) is 5.09. The van der Waals surface area contributed by atoms with E-state index in [1.54, 1.807) is 0 Å². The van der Waals surface area contributed by atoms with Crippen molar-refractivity contribution < 1.29 is 19.7 Å². The molecule has 0 atom stereocenters. The molecule has 0 aliphatic carbocycles. The van der Waals surface area contributed by atoms with Crippen LogP contribution in [0.15, 0.2) is 24.3 Å². The van der Waals surface area contributed by atoms with Crippen LogP contribution in [0.3, 0.4) is 0 Å². The summed E-state index contributed by atoms with van der Waals surface area (Å²) in [5.41, 5.74) is 0.160. The maximum Gasteiger partial charge on any atom is 0.381 e. The molecule has 0 saturated heterocycles. The van der Waals surface area contributed by atoms with Crippen LogP contribution in [0.4, 0.5) is 0 Å². The van der Waals surface area contributed by atoms with Gasteiger partial charge in [-0.25, -0.2) is 9.68 Å². The standard InChI is InChI=1S/C10H8Cl2O4/c1-5(2)10(14)16-15-9-6(11)3-4-7(13)8(9)12/h3-4,13H,1H2,2H3. The molecule has 6 heteroatoms. The lowest BCUT2D eigenvalue weighted by molar-refractivity contribution is -0.208. The Morgan fingerprint density at radius 1 is 1.44 bits per heavy atom. The number of phenolic OH excluding ortho intramolecular Hbond substituents is 1. The van der Waals surface area contributed by atoms with Crippen molar-refractivity contribution in [3.8, 4) is 11.5 Å². The highest BCUT2D eigenvalue weighted by Gasteiger charge is 2.15. The maximum absolute atomic E-state index is 11.0. The lowest BCUT2D eigenvalue weighted by Gasteiger charge is -2.08. The van der Waals surface area contributed by atoms with Crippen molar-refractivity contribution in [1.29, 1.82) is 0 Å². The minimum atomic E-state index is -0.754. The first kappa shape index (κ1) is 12.7. The quantitative estimate of drug-likeness (QED) is 0.517. The predicted molar refractivity (Wildman–Crippen MR) is 59.7 cm³/mol. The van der Waals surface area contributed by atoms with Crippen LogP contribution in [0.1, 0.15) is 6.92 Å². The molecule has 0 fully saturated rings. The summed E-state index contributed by atoms with van der Waals surface area (Å²) in [6, 6.07) is 2.64. The summed E-state index contributed by atoms with van der Waals surface area (Å²) in [6.45, 7) is 4.82. The molecule has 0 unspecified atom stereocenters. The van der Waals surface area contributed by atoms with E-state index in [1.807, 2.05) is 0 Å². The van der Waals surface area contributed by atoms with E-state index >= 15 is 0 Å². The molecule has 1 rings (SSSR count). The molecule has 0 aromatic heterocycles. The number of rotatable bonds is 3. The minimum absolute atomic E-state index is 0.109. The van der Waals surface area contributed by atoms with Crippen LogP contribution >= 0.6 is 23.2 Å². The molecule has 0 amide bonds. The molecule has 0 aliphatic heterocycles. The zero-order valence-corrected chi connectivity index (χ0v) is 9.80. The van der Waals surface area contributed by atoms with Gasteiger partial charge >= 0.3 is 5.97 Å². The normalized spacial score (nSPS) is 9.69. The summed E-state index contributed by atoms with van der Waals surface area (Å²) in [5.74, 6) is -1.11. The molecule has 0 heterocycles. The molecule has 0 aliphatic rings. The van der Waals surface area contributed by atoms with Gasteiger partial charge in [0.2, 0.25) is 5.75 Å². The molecule has 0 radical (unpaired) electrons. The van der Waals surface area contributed by atoms with Crippen molar-refractivity contribution in [1.82, 2.24) is 0 Å². The Morgan fingerprint density at radius 3 is 2.62 bits per heavy atom. The molecule has 0 saturated carbocycles. The third-order valence-corrected chi connectivity index (χ3v) is 2.24. The number of carbonyl (C=O) groups is 1. The van der Waals surface area contributed by atoms with E-state index < -0.39 is 5.97 Å². The van der Waals surface area contributed by atoms with Crippen LogP contribution in [0.2, 0.25) is 10.0 Å². The van der Waals surface area contributed by atoms with Crippen LogP contribution in [0, 0.1) is 0 Å². The smallest absolute Gasteiger partial charge is 0.381 e. The van der Waals surface area contributed by atoms with Crippen molar-refractivity contribution >= 4 is 29.2 Å². The summed E-state index contributed by atoms with van der Waals surface area (Å²) in [7, 11) is 0. The van der Waals surface area contributed by atoms with E-state index in [0.29, 0.717) is 0 Å². The highest BCUT2D eigenvalue weighted by molar-refractivity contribution is 6.38. The number of halogens is 2. The summed E-state index contributed by atoms with van der Waals surface area (Å²) in [6.07, 6.45) is 0. The first-order chi connectivity index (χ1) is 7.43. The number of benzene rings is 1. The summed E-state index contributed by atoms with van der Waals surface area (Å²) in [4.78, 5) is 20.1. The number of aromatic hydroxyl groups is 1. The van der Waals surface area contributed by atoms with E-state index in [9.17, 15) is 9.90 Å². The summed E-state index contributed by atoms with van der Waals surface area (Å²) < 4.78 is 0. The van der Waals surface area contributed by atoms with Gasteiger partial charge in [0.05, 0.1) is 5.02 Å². The van der Waals surface area contributed by atoms with E-state index in [2.05, 4.69) is 16.4 Å². The Bertz CT molecular complexity index is 443. The average molecular weight is 263 g/mol. The topological polar surface area (TPSA) is 55.8 Å². The molecule has 4 nitrogen and oxygen atoms in total. The van der Waals surface area contributed by atoms with Crippen molar-refractivity contribution in [3.05, 3.63) is 34.3 Å². The highest BCUT2D eigenvalue weighted by Crippen LogP contribution is 2.39. The fourth-order valence-corrected chi connectivity index (χ4v) is 1.18. The summed E-state index contributed by atoms with van der Waals surface area (Å²) in [5, 5.41) is 9.24. The Labute approximate surface area is 102 Å². The van der Waals surface area contributed by atoms with Gasteiger partial charge in [0.25, 0.3) is 0 Å². The zero-order valence-electron chi connectivity index (χ0n) is 8.29. The number of hydrogen-bond acceptors (Lipinski definition) is 4. The van der Waals surface area contributed by atoms with Crippen LogP contribution in [0.5, 0.6) is 11.5 Å². The third kappa shape index (κ3) is 2.81. The Balaban J connectivity index is 2.85. The van der Waals surface area contributed by atoms with Gasteiger partial charge in [-0.15, -0.1) is 0 Å². The Morgan fingerprint density at radius 2 is 2.06 bits per heavy atom. The summed E-state index contributed by atoms with van der Waals surface area (Å²) >= 11 is 11.4. The highest BCUT2D eigenvalue weighted by atomic mass is 35.5. The minimum Gasteiger partial charge on any atom is -0.506 e. The molecule has 86 valence electrons. The number of hydrogen-bond donors (Lipinski definition) is 1. The zero-order chi connectivity index (χ0) is 12.3. The van der Waals surface area contributed by atoms with E-state index in [0.717, 1.165) is 0 Å². The maximum atomic E-state index is 11.0. The van der Waals surface area contributed by atoms with Crippen molar-refractivity contribution in [2.24, 2.45) is 0 Å². The largest absolute Gasteiger partial charge is 0.506 e. The predicted octanol–water partition coefficient (Wildman–Crippen LogP) is 3.11. The fraction of sp³-hybridized carbons (Fsp3) is 0.100. The third-order valence-electron chi connectivity index (χ3n) is 1.58.